The Labute approximate surface area is 127 Å². The van der Waals surface area contributed by atoms with Crippen molar-refractivity contribution in [1.29, 1.82) is 0 Å². The van der Waals surface area contributed by atoms with Crippen molar-refractivity contribution in [3.05, 3.63) is 34.6 Å². The fourth-order valence-electron chi connectivity index (χ4n) is 1.87. The molecule has 1 amide bonds. The van der Waals surface area contributed by atoms with E-state index in [2.05, 4.69) is 9.98 Å². The van der Waals surface area contributed by atoms with E-state index >= 15 is 0 Å². The summed E-state index contributed by atoms with van der Waals surface area (Å²) >= 11 is 1.10. The lowest BCUT2D eigenvalue weighted by Gasteiger charge is -2.28. The van der Waals surface area contributed by atoms with Crippen LogP contribution in [0.1, 0.15) is 12.2 Å². The van der Waals surface area contributed by atoms with Gasteiger partial charge in [0.2, 0.25) is 5.60 Å². The third-order valence-electron chi connectivity index (χ3n) is 3.05. The van der Waals surface area contributed by atoms with Crippen LogP contribution in [0.3, 0.4) is 0 Å². The molecule has 0 aliphatic heterocycles. The molecule has 2 aromatic rings. The van der Waals surface area contributed by atoms with Gasteiger partial charge < -0.3 is 14.2 Å². The molecule has 1 atom stereocenters. The van der Waals surface area contributed by atoms with E-state index < -0.39 is 29.9 Å². The topological polar surface area (TPSA) is 72.4 Å². The minimum atomic E-state index is -5.06. The van der Waals surface area contributed by atoms with Crippen LogP contribution in [0.5, 0.6) is 0 Å². The normalized spacial score (nSPS) is 15.8. The first-order valence-electron chi connectivity index (χ1n) is 6.10. The van der Waals surface area contributed by atoms with Gasteiger partial charge in [-0.25, -0.2) is 4.98 Å². The molecule has 2 rings (SSSR count). The molecule has 10 heteroatoms. The number of hydrogen-bond acceptors (Lipinski definition) is 4. The van der Waals surface area contributed by atoms with Gasteiger partial charge in [-0.05, 0) is 0 Å². The fraction of sp³-hybridized carbons (Fsp3) is 0.417. The number of aromatic nitrogens is 3. The van der Waals surface area contributed by atoms with Crippen molar-refractivity contribution in [1.82, 2.24) is 14.1 Å². The summed E-state index contributed by atoms with van der Waals surface area (Å²) in [5.41, 5.74) is -3.39. The van der Waals surface area contributed by atoms with E-state index in [0.29, 0.717) is 0 Å². The Balaban J connectivity index is 2.39. The molecule has 22 heavy (non-hydrogen) atoms. The van der Waals surface area contributed by atoms with E-state index in [-0.39, 0.29) is 4.80 Å². The van der Waals surface area contributed by atoms with E-state index in [4.69, 9.17) is 0 Å². The summed E-state index contributed by atoms with van der Waals surface area (Å²) in [6.45, 7) is 0. The maximum Gasteiger partial charge on any atom is 0.425 e. The zero-order chi connectivity index (χ0) is 16.5. The molecule has 1 unspecified atom stereocenters. The number of aryl methyl sites for hydroxylation is 2. The lowest BCUT2D eigenvalue weighted by atomic mass is 9.97. The molecule has 0 saturated heterocycles. The predicted molar refractivity (Wildman–Crippen MR) is 71.6 cm³/mol. The average Bonchev–Trinajstić information content (AvgIpc) is 2.97. The molecule has 0 saturated carbocycles. The summed E-state index contributed by atoms with van der Waals surface area (Å²) in [7, 11) is 2.91. The Kier molecular flexibility index (Phi) is 4.25. The Morgan fingerprint density at radius 2 is 2.05 bits per heavy atom. The highest BCUT2D eigenvalue weighted by molar-refractivity contribution is 7.07. The van der Waals surface area contributed by atoms with Crippen LogP contribution in [0.4, 0.5) is 13.2 Å². The molecule has 0 aromatic carbocycles. The lowest BCUT2D eigenvalue weighted by molar-refractivity contribution is -0.270. The molecule has 0 bridgehead atoms. The van der Waals surface area contributed by atoms with Gasteiger partial charge in [0.1, 0.15) is 0 Å². The second kappa shape index (κ2) is 5.69. The number of imidazole rings is 1. The predicted octanol–water partition coefficient (Wildman–Crippen LogP) is 1.09. The second-order valence-electron chi connectivity index (χ2n) is 4.70. The number of aliphatic hydroxyl groups is 1. The largest absolute Gasteiger partial charge is 0.425 e. The highest BCUT2D eigenvalue weighted by atomic mass is 32.1. The van der Waals surface area contributed by atoms with E-state index in [1.165, 1.54) is 17.8 Å². The third kappa shape index (κ3) is 2.97. The SMILES string of the molecule is Cn1ccnc1C(O)(CC(=O)N=c1sccn1C)C(F)(F)F. The number of rotatable bonds is 3. The number of halogens is 3. The number of carbonyl (C=O) groups is 1. The van der Waals surface area contributed by atoms with Crippen LogP contribution in [0.25, 0.3) is 0 Å². The minimum absolute atomic E-state index is 0.245. The molecule has 6 nitrogen and oxygen atoms in total. The monoisotopic (exact) mass is 334 g/mol. The quantitative estimate of drug-likeness (QED) is 0.913. The molecule has 0 aliphatic carbocycles. The molecular weight excluding hydrogens is 321 g/mol. The van der Waals surface area contributed by atoms with Crippen LogP contribution in [-0.4, -0.2) is 31.3 Å². The van der Waals surface area contributed by atoms with Gasteiger partial charge in [0.25, 0.3) is 5.91 Å². The van der Waals surface area contributed by atoms with Crippen LogP contribution in [0, 0.1) is 0 Å². The summed E-state index contributed by atoms with van der Waals surface area (Å²) < 4.78 is 42.3. The highest BCUT2D eigenvalue weighted by Crippen LogP contribution is 2.40. The van der Waals surface area contributed by atoms with Crippen molar-refractivity contribution in [2.45, 2.75) is 18.2 Å². The van der Waals surface area contributed by atoms with Gasteiger partial charge in [-0.3, -0.25) is 4.79 Å². The number of hydrogen-bond donors (Lipinski definition) is 1. The Hall–Kier alpha value is -1.94. The molecule has 0 fully saturated rings. The van der Waals surface area contributed by atoms with E-state index in [1.807, 2.05) is 0 Å². The van der Waals surface area contributed by atoms with Crippen molar-refractivity contribution in [3.63, 3.8) is 0 Å². The standard InChI is InChI=1S/C12H13F3N4O2S/c1-18-4-3-16-9(18)11(21,12(13,14)15)7-8(20)17-10-19(2)5-6-22-10/h3-6,21H,7H2,1-2H3. The van der Waals surface area contributed by atoms with Gasteiger partial charge in [0, 0.05) is 38.1 Å². The average molecular weight is 334 g/mol. The second-order valence-corrected chi connectivity index (χ2v) is 5.57. The molecule has 2 heterocycles. The summed E-state index contributed by atoms with van der Waals surface area (Å²) in [4.78, 5) is 19.2. The van der Waals surface area contributed by atoms with Crippen molar-refractivity contribution >= 4 is 17.2 Å². The van der Waals surface area contributed by atoms with Gasteiger partial charge in [0.05, 0.1) is 6.42 Å². The van der Waals surface area contributed by atoms with Crippen LogP contribution in [-0.2, 0) is 24.5 Å². The van der Waals surface area contributed by atoms with Gasteiger partial charge in [0.15, 0.2) is 10.6 Å². The summed E-state index contributed by atoms with van der Waals surface area (Å²) in [6.07, 6.45) is -2.31. The van der Waals surface area contributed by atoms with E-state index in [1.54, 1.807) is 18.6 Å². The smallest absolute Gasteiger partial charge is 0.374 e. The summed E-state index contributed by atoms with van der Waals surface area (Å²) in [6, 6.07) is 0. The van der Waals surface area contributed by atoms with Gasteiger partial charge >= 0.3 is 6.18 Å². The van der Waals surface area contributed by atoms with Gasteiger partial charge in [-0.1, -0.05) is 0 Å². The van der Waals surface area contributed by atoms with Gasteiger partial charge in [-0.2, -0.15) is 18.2 Å². The first-order valence-corrected chi connectivity index (χ1v) is 6.97. The molecule has 1 N–H and O–H groups in total. The van der Waals surface area contributed by atoms with E-state index in [0.717, 1.165) is 22.1 Å². The molecule has 120 valence electrons. The summed E-state index contributed by atoms with van der Waals surface area (Å²) in [5.74, 6) is -1.74. The number of nitrogens with zero attached hydrogens (tertiary/aromatic N) is 4. The van der Waals surface area contributed by atoms with Crippen LogP contribution >= 0.6 is 11.3 Å². The zero-order valence-electron chi connectivity index (χ0n) is 11.7. The van der Waals surface area contributed by atoms with Crippen molar-refractivity contribution in [2.24, 2.45) is 19.1 Å². The van der Waals surface area contributed by atoms with E-state index in [9.17, 15) is 23.1 Å². The minimum Gasteiger partial charge on any atom is -0.374 e. The van der Waals surface area contributed by atoms with Gasteiger partial charge in [-0.15, -0.1) is 11.3 Å². The number of alkyl halides is 3. The Morgan fingerprint density at radius 3 is 2.50 bits per heavy atom. The first kappa shape index (κ1) is 16.4. The van der Waals surface area contributed by atoms with Crippen LogP contribution in [0.2, 0.25) is 0 Å². The number of amides is 1. The third-order valence-corrected chi connectivity index (χ3v) is 3.89. The Bertz CT molecular complexity index is 746. The van der Waals surface area contributed by atoms with Crippen LogP contribution < -0.4 is 4.80 Å². The maximum absolute atomic E-state index is 13.3. The van der Waals surface area contributed by atoms with Crippen molar-refractivity contribution in [2.75, 3.05) is 0 Å². The molecule has 0 spiro atoms. The first-order chi connectivity index (χ1) is 10.1. The highest BCUT2D eigenvalue weighted by Gasteiger charge is 2.58. The zero-order valence-corrected chi connectivity index (χ0v) is 12.5. The molecule has 0 radical (unpaired) electrons. The molecule has 0 aliphatic rings. The molecule has 2 aromatic heterocycles. The maximum atomic E-state index is 13.3. The molecular formula is C12H13F3N4O2S. The Morgan fingerprint density at radius 1 is 1.36 bits per heavy atom. The fourth-order valence-corrected chi connectivity index (χ4v) is 2.62. The summed E-state index contributed by atoms with van der Waals surface area (Å²) in [5, 5.41) is 11.7. The van der Waals surface area contributed by atoms with Crippen LogP contribution in [0.15, 0.2) is 29.0 Å². The number of thiazole rings is 1. The lowest BCUT2D eigenvalue weighted by Crippen LogP contribution is -2.46. The van der Waals surface area contributed by atoms with Crippen molar-refractivity contribution in [3.8, 4) is 0 Å². The van der Waals surface area contributed by atoms with Crippen molar-refractivity contribution < 1.29 is 23.1 Å². The number of carbonyl (C=O) groups excluding carboxylic acids is 1.